The lowest BCUT2D eigenvalue weighted by Crippen LogP contribution is -2.02. The minimum atomic E-state index is -0.327. The normalized spacial score (nSPS) is 12.6. The van der Waals surface area contributed by atoms with Gasteiger partial charge in [0.1, 0.15) is 0 Å². The number of allylic oxidation sites excluding steroid dienone is 2. The molecule has 3 aromatic rings. The molecule has 1 N–H and O–H groups in total. The lowest BCUT2D eigenvalue weighted by molar-refractivity contribution is 0.0601. The number of carbonyl (C=O) groups excluding carboxylic acids is 1. The van der Waals surface area contributed by atoms with Crippen LogP contribution in [0.4, 0.5) is 0 Å². The third kappa shape index (κ3) is 3.90. The summed E-state index contributed by atoms with van der Waals surface area (Å²) in [5.74, 6) is 0.920. The van der Waals surface area contributed by atoms with Crippen molar-refractivity contribution in [2.45, 2.75) is 39.0 Å². The van der Waals surface area contributed by atoms with Crippen molar-refractivity contribution in [1.29, 1.82) is 0 Å². The van der Waals surface area contributed by atoms with E-state index in [0.29, 0.717) is 11.5 Å². The second-order valence-electron chi connectivity index (χ2n) is 7.22. The molecule has 0 fully saturated rings. The number of esters is 1. The number of aromatic nitrogens is 3. The Morgan fingerprint density at radius 2 is 2.17 bits per heavy atom. The highest BCUT2D eigenvalue weighted by atomic mass is 16.5. The molecule has 0 bridgehead atoms. The van der Waals surface area contributed by atoms with E-state index in [1.54, 1.807) is 6.08 Å². The summed E-state index contributed by atoms with van der Waals surface area (Å²) in [6.07, 6.45) is 10.7. The van der Waals surface area contributed by atoms with Gasteiger partial charge >= 0.3 is 5.97 Å². The van der Waals surface area contributed by atoms with Crippen molar-refractivity contribution in [3.63, 3.8) is 0 Å². The molecular formula is C24H29N3O2. The first-order valence-corrected chi connectivity index (χ1v) is 10.1. The largest absolute Gasteiger partial charge is 0.465 e. The number of hydrogen-bond donors (Lipinski definition) is 1. The van der Waals surface area contributed by atoms with Gasteiger partial charge in [0.25, 0.3) is 0 Å². The summed E-state index contributed by atoms with van der Waals surface area (Å²) < 4.78 is 7.05. The van der Waals surface area contributed by atoms with Crippen LogP contribution in [0.15, 0.2) is 43.1 Å². The van der Waals surface area contributed by atoms with Gasteiger partial charge in [0.2, 0.25) is 0 Å². The van der Waals surface area contributed by atoms with Gasteiger partial charge in [-0.25, -0.2) is 9.78 Å². The van der Waals surface area contributed by atoms with Gasteiger partial charge in [0.15, 0.2) is 5.82 Å². The maximum absolute atomic E-state index is 12.1. The van der Waals surface area contributed by atoms with Gasteiger partial charge < -0.3 is 14.3 Å². The zero-order chi connectivity index (χ0) is 21.0. The Kier molecular flexibility index (Phi) is 6.37. The molecule has 1 unspecified atom stereocenters. The molecular weight excluding hydrogens is 362 g/mol. The zero-order valence-corrected chi connectivity index (χ0v) is 17.7. The molecule has 0 saturated carbocycles. The standard InChI is InChI=1S/C24H29N3O2/c1-6-9-11-18-15-25-23(26-18)22-21(16(8-3)10-7-2)19-13-12-17(24(28)29-5)14-20(19)27(22)4/h6,9,11-16H,1,7-8,10H2,2-5H3,(H,25,26)/b11-9-. The van der Waals surface area contributed by atoms with E-state index in [1.807, 2.05) is 43.6 Å². The summed E-state index contributed by atoms with van der Waals surface area (Å²) in [6.45, 7) is 8.16. The van der Waals surface area contributed by atoms with Crippen LogP contribution in [0, 0.1) is 0 Å². The Hall–Kier alpha value is -3.08. The minimum absolute atomic E-state index is 0.327. The van der Waals surface area contributed by atoms with Gasteiger partial charge in [-0.1, -0.05) is 45.1 Å². The quantitative estimate of drug-likeness (QED) is 0.387. The smallest absolute Gasteiger partial charge is 0.337 e. The highest BCUT2D eigenvalue weighted by Gasteiger charge is 2.25. The first kappa shape index (κ1) is 20.6. The van der Waals surface area contributed by atoms with Crippen LogP contribution in [0.3, 0.4) is 0 Å². The molecule has 0 aliphatic heterocycles. The molecule has 0 amide bonds. The highest BCUT2D eigenvalue weighted by molar-refractivity contribution is 5.98. The molecule has 152 valence electrons. The van der Waals surface area contributed by atoms with Crippen LogP contribution in [-0.2, 0) is 11.8 Å². The molecule has 2 aromatic heterocycles. The first-order chi connectivity index (χ1) is 14.0. The maximum Gasteiger partial charge on any atom is 0.337 e. The Labute approximate surface area is 172 Å². The molecule has 0 saturated heterocycles. The second kappa shape index (κ2) is 8.95. The second-order valence-corrected chi connectivity index (χ2v) is 7.22. The van der Waals surface area contributed by atoms with E-state index in [9.17, 15) is 4.79 Å². The first-order valence-electron chi connectivity index (χ1n) is 10.1. The van der Waals surface area contributed by atoms with E-state index < -0.39 is 0 Å². The van der Waals surface area contributed by atoms with Crippen LogP contribution in [0.5, 0.6) is 0 Å². The van der Waals surface area contributed by atoms with Crippen LogP contribution in [0.25, 0.3) is 28.5 Å². The van der Waals surface area contributed by atoms with E-state index >= 15 is 0 Å². The number of fused-ring (bicyclic) bond motifs is 1. The van der Waals surface area contributed by atoms with E-state index in [-0.39, 0.29) is 5.97 Å². The van der Waals surface area contributed by atoms with Crippen molar-refractivity contribution >= 4 is 22.9 Å². The molecule has 3 rings (SSSR count). The van der Waals surface area contributed by atoms with Gasteiger partial charge in [0.05, 0.1) is 30.3 Å². The van der Waals surface area contributed by atoms with Crippen molar-refractivity contribution in [1.82, 2.24) is 14.5 Å². The Bertz CT molecular complexity index is 1060. The molecule has 1 aromatic carbocycles. The van der Waals surface area contributed by atoms with Crippen molar-refractivity contribution in [3.8, 4) is 11.5 Å². The number of nitrogens with zero attached hydrogens (tertiary/aromatic N) is 2. The predicted octanol–water partition coefficient (Wildman–Crippen LogP) is 5.85. The Balaban J connectivity index is 2.26. The molecule has 2 heterocycles. The molecule has 0 aliphatic carbocycles. The number of nitrogens with one attached hydrogen (secondary N) is 1. The number of aryl methyl sites for hydroxylation is 1. The molecule has 0 spiro atoms. The van der Waals surface area contributed by atoms with E-state index in [1.165, 1.54) is 12.7 Å². The maximum atomic E-state index is 12.1. The molecule has 0 aliphatic rings. The third-order valence-electron chi connectivity index (χ3n) is 5.43. The van der Waals surface area contributed by atoms with Crippen LogP contribution in [0.1, 0.15) is 60.6 Å². The van der Waals surface area contributed by atoms with Crippen LogP contribution < -0.4 is 0 Å². The number of imidazole rings is 1. The monoisotopic (exact) mass is 391 g/mol. The highest BCUT2D eigenvalue weighted by Crippen LogP contribution is 2.40. The van der Waals surface area contributed by atoms with Gasteiger partial charge in [-0.3, -0.25) is 0 Å². The average molecular weight is 392 g/mol. The number of rotatable bonds is 8. The summed E-state index contributed by atoms with van der Waals surface area (Å²) in [7, 11) is 3.44. The van der Waals surface area contributed by atoms with Crippen molar-refractivity contribution in [2.24, 2.45) is 7.05 Å². The van der Waals surface area contributed by atoms with Gasteiger partial charge in [0, 0.05) is 18.0 Å². The molecule has 5 nitrogen and oxygen atoms in total. The molecule has 29 heavy (non-hydrogen) atoms. The zero-order valence-electron chi connectivity index (χ0n) is 17.7. The fourth-order valence-corrected chi connectivity index (χ4v) is 4.02. The average Bonchev–Trinajstić information content (AvgIpc) is 3.32. The number of benzene rings is 1. The lowest BCUT2D eigenvalue weighted by atomic mass is 9.89. The molecule has 5 heteroatoms. The lowest BCUT2D eigenvalue weighted by Gasteiger charge is -2.16. The van der Waals surface area contributed by atoms with Crippen LogP contribution in [-0.4, -0.2) is 27.6 Å². The van der Waals surface area contributed by atoms with Gasteiger partial charge in [-0.2, -0.15) is 0 Å². The predicted molar refractivity (Wildman–Crippen MR) is 119 cm³/mol. The van der Waals surface area contributed by atoms with Gasteiger partial charge in [-0.05, 0) is 42.5 Å². The number of hydrogen-bond acceptors (Lipinski definition) is 3. The van der Waals surface area contributed by atoms with Crippen molar-refractivity contribution < 1.29 is 9.53 Å². The number of methoxy groups -OCH3 is 1. The minimum Gasteiger partial charge on any atom is -0.465 e. The van der Waals surface area contributed by atoms with Crippen LogP contribution in [0.2, 0.25) is 0 Å². The summed E-state index contributed by atoms with van der Waals surface area (Å²) in [4.78, 5) is 20.1. The van der Waals surface area contributed by atoms with Crippen molar-refractivity contribution in [2.75, 3.05) is 7.11 Å². The third-order valence-corrected chi connectivity index (χ3v) is 5.43. The van der Waals surface area contributed by atoms with Gasteiger partial charge in [-0.15, -0.1) is 0 Å². The number of H-pyrrole nitrogens is 1. The fraction of sp³-hybridized carbons (Fsp3) is 0.333. The summed E-state index contributed by atoms with van der Waals surface area (Å²) in [5.41, 5.74) is 4.84. The number of carbonyl (C=O) groups is 1. The van der Waals surface area contributed by atoms with Crippen molar-refractivity contribution in [3.05, 3.63) is 59.9 Å². The fourth-order valence-electron chi connectivity index (χ4n) is 4.02. The molecule has 1 atom stereocenters. The van der Waals surface area contributed by atoms with Crippen LogP contribution >= 0.6 is 0 Å². The van der Waals surface area contributed by atoms with E-state index in [4.69, 9.17) is 4.74 Å². The molecule has 0 radical (unpaired) electrons. The Morgan fingerprint density at radius 1 is 1.38 bits per heavy atom. The summed E-state index contributed by atoms with van der Waals surface area (Å²) >= 11 is 0. The number of ether oxygens (including phenoxy) is 1. The SMILES string of the molecule is C=C/C=C\c1cnc(-c2c(C(CC)CCC)c3ccc(C(=O)OC)cc3n2C)[nH]1. The number of aromatic amines is 1. The Morgan fingerprint density at radius 3 is 2.83 bits per heavy atom. The van der Waals surface area contributed by atoms with E-state index in [0.717, 1.165) is 47.4 Å². The van der Waals surface area contributed by atoms with E-state index in [2.05, 4.69) is 35.0 Å². The topological polar surface area (TPSA) is 59.9 Å². The summed E-state index contributed by atoms with van der Waals surface area (Å²) in [6, 6.07) is 5.80. The summed E-state index contributed by atoms with van der Waals surface area (Å²) in [5, 5.41) is 1.16.